The molecule has 0 aromatic heterocycles. The Morgan fingerprint density at radius 1 is 1.00 bits per heavy atom. The molecule has 0 saturated heterocycles. The van der Waals surface area contributed by atoms with Crippen LogP contribution < -0.4 is 4.74 Å². The lowest BCUT2D eigenvalue weighted by Crippen LogP contribution is -2.28. The highest BCUT2D eigenvalue weighted by atomic mass is 35.5. The number of unbranched alkanes of at least 4 members (excludes halogenated alkanes) is 2. The molecule has 0 amide bonds. The predicted octanol–water partition coefficient (Wildman–Crippen LogP) is 8.28. The maximum Gasteiger partial charge on any atom is 0.340 e. The summed E-state index contributed by atoms with van der Waals surface area (Å²) < 4.78 is 25.1. The molecule has 2 aromatic rings. The zero-order valence-corrected chi connectivity index (χ0v) is 20.6. The van der Waals surface area contributed by atoms with E-state index in [1.807, 2.05) is 25.1 Å². The molecule has 180 valence electrons. The van der Waals surface area contributed by atoms with Crippen molar-refractivity contribution in [2.45, 2.75) is 89.8 Å². The third-order valence-electron chi connectivity index (χ3n) is 6.43. The zero-order chi connectivity index (χ0) is 23.6. The number of rotatable bonds is 11. The van der Waals surface area contributed by atoms with E-state index in [0.29, 0.717) is 24.0 Å². The molecule has 0 radical (unpaired) electrons. The number of alkyl halides is 1. The first-order valence-electron chi connectivity index (χ1n) is 12.4. The fourth-order valence-electron chi connectivity index (χ4n) is 4.32. The van der Waals surface area contributed by atoms with Crippen LogP contribution in [-0.2, 0) is 9.53 Å². The first kappa shape index (κ1) is 25.6. The largest absolute Gasteiger partial charge is 0.492 e. The third kappa shape index (κ3) is 7.46. The van der Waals surface area contributed by atoms with E-state index in [4.69, 9.17) is 21.1 Å². The summed E-state index contributed by atoms with van der Waals surface area (Å²) in [7, 11) is 0. The van der Waals surface area contributed by atoms with Crippen LogP contribution >= 0.6 is 11.6 Å². The zero-order valence-electron chi connectivity index (χ0n) is 19.8. The second kappa shape index (κ2) is 13.0. The first-order valence-corrected chi connectivity index (χ1v) is 12.8. The van der Waals surface area contributed by atoms with E-state index >= 15 is 0 Å². The van der Waals surface area contributed by atoms with E-state index < -0.39 is 12.1 Å². The van der Waals surface area contributed by atoms with Crippen LogP contribution in [0, 0.1) is 0 Å². The average Bonchev–Trinajstić information content (AvgIpc) is 2.84. The Kier molecular flexibility index (Phi) is 10.1. The second-order valence-corrected chi connectivity index (χ2v) is 9.40. The van der Waals surface area contributed by atoms with E-state index in [-0.39, 0.29) is 12.5 Å². The van der Waals surface area contributed by atoms with Crippen LogP contribution in [0.4, 0.5) is 4.39 Å². The normalized spacial score (nSPS) is 19.2. The number of esters is 1. The minimum atomic E-state index is -1.49. The molecule has 1 aliphatic carbocycles. The van der Waals surface area contributed by atoms with E-state index in [9.17, 15) is 9.18 Å². The Labute approximate surface area is 202 Å². The van der Waals surface area contributed by atoms with Gasteiger partial charge in [0.1, 0.15) is 11.9 Å². The summed E-state index contributed by atoms with van der Waals surface area (Å²) in [6.45, 7) is 4.80. The van der Waals surface area contributed by atoms with Gasteiger partial charge in [-0.05, 0) is 73.3 Å². The van der Waals surface area contributed by atoms with Crippen LogP contribution in [0.5, 0.6) is 5.75 Å². The van der Waals surface area contributed by atoms with Crippen molar-refractivity contribution < 1.29 is 18.7 Å². The molecule has 2 aromatic carbocycles. The van der Waals surface area contributed by atoms with Gasteiger partial charge in [-0.1, -0.05) is 75.0 Å². The van der Waals surface area contributed by atoms with Gasteiger partial charge >= 0.3 is 5.97 Å². The highest BCUT2D eigenvalue weighted by Crippen LogP contribution is 2.36. The summed E-state index contributed by atoms with van der Waals surface area (Å²) in [6.07, 6.45) is 5.76. The number of carbonyl (C=O) groups is 1. The van der Waals surface area contributed by atoms with Gasteiger partial charge in [0.05, 0.1) is 11.6 Å². The topological polar surface area (TPSA) is 35.5 Å². The Morgan fingerprint density at radius 2 is 1.67 bits per heavy atom. The summed E-state index contributed by atoms with van der Waals surface area (Å²) in [5, 5.41) is 0.630. The third-order valence-corrected chi connectivity index (χ3v) is 6.72. The maximum absolute atomic E-state index is 13.9. The molecule has 1 aliphatic rings. The van der Waals surface area contributed by atoms with Gasteiger partial charge in [0.15, 0.2) is 6.17 Å². The highest BCUT2D eigenvalue weighted by molar-refractivity contribution is 6.32. The van der Waals surface area contributed by atoms with Gasteiger partial charge in [0.25, 0.3) is 0 Å². The van der Waals surface area contributed by atoms with Crippen molar-refractivity contribution in [2.75, 3.05) is 6.61 Å². The van der Waals surface area contributed by atoms with Crippen molar-refractivity contribution in [1.29, 1.82) is 0 Å². The summed E-state index contributed by atoms with van der Waals surface area (Å²) in [6, 6.07) is 14.5. The van der Waals surface area contributed by atoms with Crippen molar-refractivity contribution in [1.82, 2.24) is 0 Å². The monoisotopic (exact) mass is 474 g/mol. The van der Waals surface area contributed by atoms with E-state index in [1.165, 1.54) is 5.56 Å². The van der Waals surface area contributed by atoms with Crippen LogP contribution in [-0.4, -0.2) is 24.9 Å². The number of hydrogen-bond acceptors (Lipinski definition) is 3. The van der Waals surface area contributed by atoms with Crippen molar-refractivity contribution in [2.24, 2.45) is 0 Å². The van der Waals surface area contributed by atoms with Crippen LogP contribution in [0.1, 0.15) is 83.1 Å². The van der Waals surface area contributed by atoms with E-state index in [1.54, 1.807) is 0 Å². The SMILES string of the molecule is CCCCOc1ccc(-c2ccc([C@H]3CC[C@H](OC(=O)[C@@H](F)CCCC)CC3)cc2)cc1Cl. The molecule has 0 spiro atoms. The van der Waals surface area contributed by atoms with Crippen molar-refractivity contribution in [3.8, 4) is 16.9 Å². The van der Waals surface area contributed by atoms with Gasteiger partial charge in [-0.3, -0.25) is 0 Å². The molecule has 3 rings (SSSR count). The number of carbonyl (C=O) groups excluding carboxylic acids is 1. The van der Waals surface area contributed by atoms with Crippen LogP contribution in [0.2, 0.25) is 5.02 Å². The fourth-order valence-corrected chi connectivity index (χ4v) is 4.56. The minimum Gasteiger partial charge on any atom is -0.492 e. The maximum atomic E-state index is 13.9. The molecular formula is C28H36ClFO3. The number of ether oxygens (including phenoxy) is 2. The Hall–Kier alpha value is -2.07. The lowest BCUT2D eigenvalue weighted by molar-refractivity contribution is -0.157. The summed E-state index contributed by atoms with van der Waals surface area (Å²) in [4.78, 5) is 11.9. The molecule has 5 heteroatoms. The standard InChI is InChI=1S/C28H36ClFO3/c1-3-5-7-26(30)28(31)33-24-15-12-21(13-16-24)20-8-10-22(11-9-20)23-14-17-27(25(29)19-23)32-18-6-4-2/h8-11,14,17,19,21,24,26H,3-7,12-13,15-16,18H2,1-2H3/t21-,24-,26-/m0/s1. The van der Waals surface area contributed by atoms with Gasteiger partial charge in [-0.25, -0.2) is 9.18 Å². The van der Waals surface area contributed by atoms with Crippen LogP contribution in [0.15, 0.2) is 42.5 Å². The number of halogens is 2. The van der Waals surface area contributed by atoms with Crippen LogP contribution in [0.3, 0.4) is 0 Å². The van der Waals surface area contributed by atoms with Crippen molar-refractivity contribution in [3.05, 3.63) is 53.1 Å². The molecule has 0 bridgehead atoms. The lowest BCUT2D eigenvalue weighted by Gasteiger charge is -2.29. The summed E-state index contributed by atoms with van der Waals surface area (Å²) >= 11 is 6.42. The molecule has 1 atom stereocenters. The molecular weight excluding hydrogens is 439 g/mol. The van der Waals surface area contributed by atoms with Crippen LogP contribution in [0.25, 0.3) is 11.1 Å². The van der Waals surface area contributed by atoms with E-state index in [0.717, 1.165) is 61.8 Å². The second-order valence-electron chi connectivity index (χ2n) is 8.99. The molecule has 0 unspecified atom stereocenters. The fraction of sp³-hybridized carbons (Fsp3) is 0.536. The molecule has 1 saturated carbocycles. The molecule has 1 fully saturated rings. The van der Waals surface area contributed by atoms with Gasteiger partial charge in [-0.15, -0.1) is 0 Å². The van der Waals surface area contributed by atoms with Gasteiger partial charge in [-0.2, -0.15) is 0 Å². The molecule has 33 heavy (non-hydrogen) atoms. The molecule has 3 nitrogen and oxygen atoms in total. The first-order chi connectivity index (χ1) is 16.0. The van der Waals surface area contributed by atoms with Gasteiger partial charge < -0.3 is 9.47 Å². The average molecular weight is 475 g/mol. The lowest BCUT2D eigenvalue weighted by atomic mass is 9.82. The quantitative estimate of drug-likeness (QED) is 0.243. The Balaban J connectivity index is 1.52. The molecule has 0 N–H and O–H groups in total. The van der Waals surface area contributed by atoms with Crippen molar-refractivity contribution >= 4 is 17.6 Å². The Bertz CT molecular complexity index is 875. The van der Waals surface area contributed by atoms with Gasteiger partial charge in [0, 0.05) is 0 Å². The van der Waals surface area contributed by atoms with Crippen molar-refractivity contribution in [3.63, 3.8) is 0 Å². The summed E-state index contributed by atoms with van der Waals surface area (Å²) in [5.74, 6) is 0.484. The smallest absolute Gasteiger partial charge is 0.340 e. The van der Waals surface area contributed by atoms with Gasteiger partial charge in [0.2, 0.25) is 0 Å². The predicted molar refractivity (Wildman–Crippen MR) is 133 cm³/mol. The molecule has 0 aliphatic heterocycles. The molecule has 0 heterocycles. The van der Waals surface area contributed by atoms with E-state index in [2.05, 4.69) is 31.2 Å². The summed E-state index contributed by atoms with van der Waals surface area (Å²) in [5.41, 5.74) is 3.47. The number of benzene rings is 2. The highest BCUT2D eigenvalue weighted by Gasteiger charge is 2.27. The Morgan fingerprint density at radius 3 is 2.30 bits per heavy atom. The minimum absolute atomic E-state index is 0.159. The number of hydrogen-bond donors (Lipinski definition) is 0.